The highest BCUT2D eigenvalue weighted by molar-refractivity contribution is 9.10. The Kier molecular flexibility index (Phi) is 1.58. The van der Waals surface area contributed by atoms with Crippen molar-refractivity contribution in [1.82, 2.24) is 15.2 Å². The second kappa shape index (κ2) is 2.46. The highest BCUT2D eigenvalue weighted by Gasteiger charge is 2.02. The van der Waals surface area contributed by atoms with E-state index in [0.717, 1.165) is 9.86 Å². The van der Waals surface area contributed by atoms with Crippen molar-refractivity contribution in [3.05, 3.63) is 21.9 Å². The lowest BCUT2D eigenvalue weighted by molar-refractivity contribution is 1.10. The number of hydrogen-bond donors (Lipinski definition) is 1. The van der Waals surface area contributed by atoms with Gasteiger partial charge >= 0.3 is 0 Å². The molecule has 5 heteroatoms. The molecule has 0 saturated carbocycles. The molecule has 0 aromatic carbocycles. The summed E-state index contributed by atoms with van der Waals surface area (Å²) < 4.78 is 0.785. The molecule has 0 aliphatic carbocycles. The SMILES string of the molecule is Clc1nc2n[nH]cc2cc1Br. The molecule has 2 aromatic rings. The summed E-state index contributed by atoms with van der Waals surface area (Å²) in [6, 6.07) is 1.87. The number of fused-ring (bicyclic) bond motifs is 1. The van der Waals surface area contributed by atoms with Gasteiger partial charge in [-0.3, -0.25) is 5.10 Å². The number of rotatable bonds is 0. The molecule has 0 spiro atoms. The van der Waals surface area contributed by atoms with E-state index < -0.39 is 0 Å². The van der Waals surface area contributed by atoms with Gasteiger partial charge in [-0.15, -0.1) is 0 Å². The fourth-order valence-electron chi connectivity index (χ4n) is 0.830. The number of aromatic nitrogens is 3. The van der Waals surface area contributed by atoms with Gasteiger partial charge in [0.25, 0.3) is 0 Å². The van der Waals surface area contributed by atoms with Crippen LogP contribution in [-0.2, 0) is 0 Å². The van der Waals surface area contributed by atoms with Crippen LogP contribution in [-0.4, -0.2) is 15.2 Å². The number of pyridine rings is 1. The van der Waals surface area contributed by atoms with E-state index in [2.05, 4.69) is 31.1 Å². The lowest BCUT2D eigenvalue weighted by atomic mass is 10.4. The smallest absolute Gasteiger partial charge is 0.182 e. The van der Waals surface area contributed by atoms with Crippen molar-refractivity contribution in [1.29, 1.82) is 0 Å². The van der Waals surface area contributed by atoms with E-state index in [9.17, 15) is 0 Å². The molecule has 0 amide bonds. The van der Waals surface area contributed by atoms with E-state index in [1.54, 1.807) is 6.20 Å². The Morgan fingerprint density at radius 2 is 2.36 bits per heavy atom. The van der Waals surface area contributed by atoms with Crippen LogP contribution in [0.25, 0.3) is 11.0 Å². The topological polar surface area (TPSA) is 41.6 Å². The maximum Gasteiger partial charge on any atom is 0.182 e. The first-order valence-electron chi connectivity index (χ1n) is 2.93. The van der Waals surface area contributed by atoms with E-state index in [0.29, 0.717) is 10.8 Å². The monoisotopic (exact) mass is 231 g/mol. The van der Waals surface area contributed by atoms with Gasteiger partial charge in [-0.2, -0.15) is 5.10 Å². The fourth-order valence-corrected chi connectivity index (χ4v) is 1.30. The molecule has 0 saturated heterocycles. The van der Waals surface area contributed by atoms with E-state index in [1.165, 1.54) is 0 Å². The normalized spacial score (nSPS) is 10.7. The molecule has 2 heterocycles. The van der Waals surface area contributed by atoms with Crippen LogP contribution >= 0.6 is 27.5 Å². The number of halogens is 2. The number of nitrogens with one attached hydrogen (secondary N) is 1. The molecule has 0 unspecified atom stereocenters. The van der Waals surface area contributed by atoms with Crippen molar-refractivity contribution >= 4 is 38.6 Å². The van der Waals surface area contributed by atoms with Crippen molar-refractivity contribution in [2.75, 3.05) is 0 Å². The minimum atomic E-state index is 0.435. The Labute approximate surface area is 75.9 Å². The average Bonchev–Trinajstić information content (AvgIpc) is 2.36. The zero-order valence-corrected chi connectivity index (χ0v) is 7.65. The third-order valence-electron chi connectivity index (χ3n) is 1.33. The minimum Gasteiger partial charge on any atom is -0.283 e. The number of hydrogen-bond acceptors (Lipinski definition) is 2. The first-order chi connectivity index (χ1) is 5.27. The summed E-state index contributed by atoms with van der Waals surface area (Å²) >= 11 is 9.00. The van der Waals surface area contributed by atoms with Crippen LogP contribution in [0, 0.1) is 0 Å². The molecule has 0 bridgehead atoms. The second-order valence-electron chi connectivity index (χ2n) is 2.06. The number of aromatic amines is 1. The van der Waals surface area contributed by atoms with Crippen molar-refractivity contribution in [2.24, 2.45) is 0 Å². The zero-order valence-electron chi connectivity index (χ0n) is 5.31. The third kappa shape index (κ3) is 1.12. The molecule has 0 aliphatic heterocycles. The van der Waals surface area contributed by atoms with Gasteiger partial charge in [0.05, 0.1) is 4.47 Å². The summed E-state index contributed by atoms with van der Waals surface area (Å²) in [6.45, 7) is 0. The summed E-state index contributed by atoms with van der Waals surface area (Å²) in [6.07, 6.45) is 1.77. The summed E-state index contributed by atoms with van der Waals surface area (Å²) in [5, 5.41) is 7.96. The molecule has 2 rings (SSSR count). The quantitative estimate of drug-likeness (QED) is 0.709. The summed E-state index contributed by atoms with van der Waals surface area (Å²) in [5.41, 5.74) is 0.637. The molecule has 0 radical (unpaired) electrons. The molecule has 56 valence electrons. The molecule has 3 nitrogen and oxygen atoms in total. The van der Waals surface area contributed by atoms with E-state index in [-0.39, 0.29) is 0 Å². The van der Waals surface area contributed by atoms with Crippen LogP contribution in [0.2, 0.25) is 5.15 Å². The maximum atomic E-state index is 5.73. The van der Waals surface area contributed by atoms with Gasteiger partial charge in [0, 0.05) is 11.6 Å². The van der Waals surface area contributed by atoms with Crippen LogP contribution in [0.5, 0.6) is 0 Å². The Balaban J connectivity index is 2.86. The van der Waals surface area contributed by atoms with Crippen molar-refractivity contribution in [3.63, 3.8) is 0 Å². The lowest BCUT2D eigenvalue weighted by Crippen LogP contribution is -1.78. The van der Waals surface area contributed by atoms with Crippen LogP contribution in [0.3, 0.4) is 0 Å². The first kappa shape index (κ1) is 7.06. The largest absolute Gasteiger partial charge is 0.283 e. The Morgan fingerprint density at radius 1 is 1.55 bits per heavy atom. The average molecular weight is 232 g/mol. The molecule has 0 aliphatic rings. The van der Waals surface area contributed by atoms with Crippen LogP contribution in [0.1, 0.15) is 0 Å². The first-order valence-corrected chi connectivity index (χ1v) is 4.10. The van der Waals surface area contributed by atoms with E-state index in [4.69, 9.17) is 11.6 Å². The van der Waals surface area contributed by atoms with Crippen molar-refractivity contribution in [3.8, 4) is 0 Å². The molecular weight excluding hydrogens is 229 g/mol. The van der Waals surface area contributed by atoms with Gasteiger partial charge in [-0.05, 0) is 22.0 Å². The van der Waals surface area contributed by atoms with Crippen molar-refractivity contribution < 1.29 is 0 Å². The third-order valence-corrected chi connectivity index (χ3v) is 2.45. The van der Waals surface area contributed by atoms with E-state index in [1.807, 2.05) is 6.07 Å². The van der Waals surface area contributed by atoms with E-state index >= 15 is 0 Å². The molecule has 2 aromatic heterocycles. The van der Waals surface area contributed by atoms with Gasteiger partial charge < -0.3 is 0 Å². The summed E-state index contributed by atoms with van der Waals surface area (Å²) in [5.74, 6) is 0. The Bertz CT molecular complexity index is 362. The molecule has 0 atom stereocenters. The standard InChI is InChI=1S/C6H3BrClN3/c7-4-1-3-2-9-11-6(3)10-5(4)8/h1-2H,(H,9,10,11). The number of nitrogens with zero attached hydrogens (tertiary/aromatic N) is 2. The summed E-state index contributed by atoms with van der Waals surface area (Å²) in [7, 11) is 0. The molecule has 11 heavy (non-hydrogen) atoms. The predicted molar refractivity (Wildman–Crippen MR) is 46.6 cm³/mol. The van der Waals surface area contributed by atoms with Crippen LogP contribution < -0.4 is 0 Å². The van der Waals surface area contributed by atoms with Crippen LogP contribution in [0.4, 0.5) is 0 Å². The second-order valence-corrected chi connectivity index (χ2v) is 3.27. The molecule has 1 N–H and O–H groups in total. The van der Waals surface area contributed by atoms with Gasteiger partial charge in [-0.25, -0.2) is 4.98 Å². The zero-order chi connectivity index (χ0) is 7.84. The number of H-pyrrole nitrogens is 1. The molecular formula is C6H3BrClN3. The van der Waals surface area contributed by atoms with Gasteiger partial charge in [0.15, 0.2) is 5.65 Å². The predicted octanol–water partition coefficient (Wildman–Crippen LogP) is 2.37. The van der Waals surface area contributed by atoms with Gasteiger partial charge in [-0.1, -0.05) is 11.6 Å². The summed E-state index contributed by atoms with van der Waals surface area (Å²) in [4.78, 5) is 4.01. The fraction of sp³-hybridized carbons (Fsp3) is 0. The highest BCUT2D eigenvalue weighted by atomic mass is 79.9. The Hall–Kier alpha value is -0.610. The van der Waals surface area contributed by atoms with Crippen molar-refractivity contribution in [2.45, 2.75) is 0 Å². The molecule has 0 fully saturated rings. The lowest BCUT2D eigenvalue weighted by Gasteiger charge is -1.92. The minimum absolute atomic E-state index is 0.435. The maximum absolute atomic E-state index is 5.73. The van der Waals surface area contributed by atoms with Gasteiger partial charge in [0.2, 0.25) is 0 Å². The highest BCUT2D eigenvalue weighted by Crippen LogP contribution is 2.23. The Morgan fingerprint density at radius 3 is 3.18 bits per heavy atom. The van der Waals surface area contributed by atoms with Gasteiger partial charge in [0.1, 0.15) is 5.15 Å². The van der Waals surface area contributed by atoms with Crippen LogP contribution in [0.15, 0.2) is 16.7 Å².